The van der Waals surface area contributed by atoms with Gasteiger partial charge in [-0.25, -0.2) is 0 Å². The highest BCUT2D eigenvalue weighted by molar-refractivity contribution is 8.00. The van der Waals surface area contributed by atoms with Crippen molar-refractivity contribution in [1.29, 1.82) is 0 Å². The summed E-state index contributed by atoms with van der Waals surface area (Å²) in [6.07, 6.45) is 7.37. The first-order chi connectivity index (χ1) is 9.25. The highest BCUT2D eigenvalue weighted by Gasteiger charge is 2.20. The van der Waals surface area contributed by atoms with Crippen LogP contribution in [0, 0.1) is 0 Å². The Morgan fingerprint density at radius 3 is 2.89 bits per heavy atom. The molecular weight excluding hydrogens is 260 g/mol. The van der Waals surface area contributed by atoms with Crippen LogP contribution >= 0.6 is 11.8 Å². The minimum Gasteiger partial charge on any atom is -0.353 e. The molecule has 108 valence electrons. The van der Waals surface area contributed by atoms with Gasteiger partial charge >= 0.3 is 0 Å². The van der Waals surface area contributed by atoms with E-state index in [2.05, 4.69) is 5.32 Å². The minimum atomic E-state index is 0.00132. The van der Waals surface area contributed by atoms with Crippen molar-refractivity contribution in [3.8, 4) is 0 Å². The molecule has 2 saturated heterocycles. The molecule has 2 aliphatic heterocycles. The van der Waals surface area contributed by atoms with Crippen molar-refractivity contribution in [1.82, 2.24) is 10.2 Å². The van der Waals surface area contributed by atoms with Crippen LogP contribution in [0.4, 0.5) is 0 Å². The molecule has 2 aliphatic rings. The first kappa shape index (κ1) is 14.7. The van der Waals surface area contributed by atoms with E-state index in [1.165, 1.54) is 25.0 Å². The Bertz CT molecular complexity index is 317. The van der Waals surface area contributed by atoms with Crippen LogP contribution in [0.15, 0.2) is 0 Å². The number of hydrogen-bond donors (Lipinski definition) is 1. The lowest BCUT2D eigenvalue weighted by Gasteiger charge is -2.24. The van der Waals surface area contributed by atoms with Crippen LogP contribution in [0.2, 0.25) is 0 Å². The highest BCUT2D eigenvalue weighted by Crippen LogP contribution is 2.25. The number of nitrogens with one attached hydrogen (secondary N) is 1. The van der Waals surface area contributed by atoms with E-state index in [4.69, 9.17) is 0 Å². The Balaban J connectivity index is 1.71. The summed E-state index contributed by atoms with van der Waals surface area (Å²) < 4.78 is 0. The van der Waals surface area contributed by atoms with E-state index in [0.29, 0.717) is 11.7 Å². The third kappa shape index (κ3) is 5.05. The van der Waals surface area contributed by atoms with Crippen LogP contribution in [0.3, 0.4) is 0 Å². The van der Waals surface area contributed by atoms with Crippen molar-refractivity contribution < 1.29 is 9.59 Å². The Morgan fingerprint density at radius 1 is 1.26 bits per heavy atom. The number of carbonyl (C=O) groups excluding carboxylic acids is 2. The van der Waals surface area contributed by atoms with E-state index in [1.807, 2.05) is 11.8 Å². The van der Waals surface area contributed by atoms with Crippen LogP contribution in [0.25, 0.3) is 0 Å². The molecule has 0 radical (unpaired) electrons. The fourth-order valence-electron chi connectivity index (χ4n) is 2.64. The van der Waals surface area contributed by atoms with Crippen LogP contribution < -0.4 is 5.32 Å². The van der Waals surface area contributed by atoms with E-state index in [9.17, 15) is 9.59 Å². The second-order valence-corrected chi connectivity index (χ2v) is 6.83. The summed E-state index contributed by atoms with van der Waals surface area (Å²) in [6.45, 7) is 1.74. The van der Waals surface area contributed by atoms with E-state index in [-0.39, 0.29) is 18.4 Å². The molecule has 2 rings (SSSR count). The SMILES string of the molecule is O=C(CN1CCCCCCC1=O)NCC1CCCS1. The molecule has 0 saturated carbocycles. The average molecular weight is 284 g/mol. The molecule has 1 atom stereocenters. The second-order valence-electron chi connectivity index (χ2n) is 5.42. The van der Waals surface area contributed by atoms with Gasteiger partial charge in [0.25, 0.3) is 0 Å². The molecule has 5 heteroatoms. The Labute approximate surface area is 119 Å². The first-order valence-corrected chi connectivity index (χ1v) is 8.46. The van der Waals surface area contributed by atoms with Crippen molar-refractivity contribution in [2.75, 3.05) is 25.4 Å². The smallest absolute Gasteiger partial charge is 0.239 e. The second kappa shape index (κ2) is 7.78. The summed E-state index contributed by atoms with van der Waals surface area (Å²) in [5, 5.41) is 3.55. The molecular formula is C14H24N2O2S. The molecule has 0 spiro atoms. The van der Waals surface area contributed by atoms with E-state index in [1.54, 1.807) is 4.90 Å². The van der Waals surface area contributed by atoms with Crippen molar-refractivity contribution in [3.63, 3.8) is 0 Å². The number of thioether (sulfide) groups is 1. The normalized spacial score (nSPS) is 24.9. The largest absolute Gasteiger partial charge is 0.353 e. The topological polar surface area (TPSA) is 49.4 Å². The first-order valence-electron chi connectivity index (χ1n) is 7.42. The standard InChI is InChI=1S/C14H24N2O2S/c17-13(15-10-12-6-5-9-19-12)11-16-8-4-2-1-3-7-14(16)18/h12H,1-11H2,(H,15,17). The minimum absolute atomic E-state index is 0.00132. The van der Waals surface area contributed by atoms with Gasteiger partial charge < -0.3 is 10.2 Å². The zero-order valence-electron chi connectivity index (χ0n) is 11.5. The van der Waals surface area contributed by atoms with E-state index in [0.717, 1.165) is 32.4 Å². The lowest BCUT2D eigenvalue weighted by molar-refractivity contribution is -0.136. The average Bonchev–Trinajstić information content (AvgIpc) is 2.89. The third-order valence-corrected chi connectivity index (χ3v) is 5.20. The molecule has 0 aromatic carbocycles. The summed E-state index contributed by atoms with van der Waals surface area (Å²) >= 11 is 1.94. The fraction of sp³-hybridized carbons (Fsp3) is 0.857. The molecule has 2 heterocycles. The Hall–Kier alpha value is -0.710. The maximum Gasteiger partial charge on any atom is 0.239 e. The predicted octanol–water partition coefficient (Wildman–Crippen LogP) is 1.79. The number of amides is 2. The molecule has 4 nitrogen and oxygen atoms in total. The number of hydrogen-bond acceptors (Lipinski definition) is 3. The number of nitrogens with zero attached hydrogens (tertiary/aromatic N) is 1. The van der Waals surface area contributed by atoms with Gasteiger partial charge in [-0.1, -0.05) is 12.8 Å². The quantitative estimate of drug-likeness (QED) is 0.856. The predicted molar refractivity (Wildman–Crippen MR) is 78.2 cm³/mol. The van der Waals surface area contributed by atoms with Gasteiger partial charge in [0.05, 0.1) is 6.54 Å². The Morgan fingerprint density at radius 2 is 2.11 bits per heavy atom. The molecule has 1 N–H and O–H groups in total. The van der Waals surface area contributed by atoms with Crippen LogP contribution in [-0.4, -0.2) is 47.4 Å². The van der Waals surface area contributed by atoms with Gasteiger partial charge in [-0.3, -0.25) is 9.59 Å². The summed E-state index contributed by atoms with van der Waals surface area (Å²) in [5.41, 5.74) is 0. The van der Waals surface area contributed by atoms with Crippen LogP contribution in [-0.2, 0) is 9.59 Å². The number of likely N-dealkylation sites (tertiary alicyclic amines) is 1. The molecule has 0 aliphatic carbocycles. The maximum absolute atomic E-state index is 11.9. The Kier molecular flexibility index (Phi) is 6.01. The van der Waals surface area contributed by atoms with Gasteiger partial charge in [0.2, 0.25) is 11.8 Å². The zero-order chi connectivity index (χ0) is 13.5. The molecule has 2 fully saturated rings. The molecule has 0 aromatic heterocycles. The number of carbonyl (C=O) groups is 2. The fourth-order valence-corrected chi connectivity index (χ4v) is 3.85. The third-order valence-electron chi connectivity index (χ3n) is 3.81. The van der Waals surface area contributed by atoms with Gasteiger partial charge in [0.1, 0.15) is 0 Å². The summed E-state index contributed by atoms with van der Waals surface area (Å²) in [7, 11) is 0. The van der Waals surface area contributed by atoms with Gasteiger partial charge in [-0.2, -0.15) is 11.8 Å². The van der Waals surface area contributed by atoms with Crippen molar-refractivity contribution in [3.05, 3.63) is 0 Å². The monoisotopic (exact) mass is 284 g/mol. The molecule has 0 aromatic rings. The maximum atomic E-state index is 11.9. The van der Waals surface area contributed by atoms with Crippen molar-refractivity contribution in [2.24, 2.45) is 0 Å². The summed E-state index contributed by atoms with van der Waals surface area (Å²) in [6, 6.07) is 0. The lowest BCUT2D eigenvalue weighted by atomic mass is 10.1. The summed E-state index contributed by atoms with van der Waals surface area (Å²) in [5.74, 6) is 1.36. The number of rotatable bonds is 4. The summed E-state index contributed by atoms with van der Waals surface area (Å²) in [4.78, 5) is 25.5. The van der Waals surface area contributed by atoms with Gasteiger partial charge in [-0.15, -0.1) is 0 Å². The highest BCUT2D eigenvalue weighted by atomic mass is 32.2. The molecule has 1 unspecified atom stereocenters. The van der Waals surface area contributed by atoms with Gasteiger partial charge in [0.15, 0.2) is 0 Å². The van der Waals surface area contributed by atoms with Crippen LogP contribution in [0.1, 0.15) is 44.9 Å². The van der Waals surface area contributed by atoms with Crippen molar-refractivity contribution in [2.45, 2.75) is 50.2 Å². The molecule has 19 heavy (non-hydrogen) atoms. The van der Waals surface area contributed by atoms with Gasteiger partial charge in [-0.05, 0) is 31.4 Å². The van der Waals surface area contributed by atoms with Crippen LogP contribution in [0.5, 0.6) is 0 Å². The van der Waals surface area contributed by atoms with E-state index >= 15 is 0 Å². The van der Waals surface area contributed by atoms with Gasteiger partial charge in [0, 0.05) is 24.8 Å². The molecule has 0 bridgehead atoms. The van der Waals surface area contributed by atoms with E-state index < -0.39 is 0 Å². The molecule has 2 amide bonds. The van der Waals surface area contributed by atoms with Crippen molar-refractivity contribution >= 4 is 23.6 Å². The lowest BCUT2D eigenvalue weighted by Crippen LogP contribution is -2.42. The zero-order valence-corrected chi connectivity index (χ0v) is 12.3.